The van der Waals surface area contributed by atoms with Crippen LogP contribution in [-0.2, 0) is 16.6 Å². The minimum absolute atomic E-state index is 0.290. The molecule has 0 amide bonds. The number of rotatable bonds is 5. The van der Waals surface area contributed by atoms with E-state index in [1.165, 1.54) is 10.6 Å². The van der Waals surface area contributed by atoms with Gasteiger partial charge in [-0.15, -0.1) is 0 Å². The molecule has 0 aromatic heterocycles. The van der Waals surface area contributed by atoms with Gasteiger partial charge in [0.2, 0.25) is 10.0 Å². The smallest absolute Gasteiger partial charge is 0.211 e. The van der Waals surface area contributed by atoms with Crippen LogP contribution in [0.1, 0.15) is 17.0 Å². The van der Waals surface area contributed by atoms with E-state index in [1.807, 2.05) is 54.6 Å². The summed E-state index contributed by atoms with van der Waals surface area (Å²) in [5.74, 6) is 1.12. The number of nitrogens with zero attached hydrogens (tertiary/aromatic N) is 1. The van der Waals surface area contributed by atoms with Gasteiger partial charge in [-0.2, -0.15) is 0 Å². The standard InChI is InChI=1S/C17H19NO3S/c1-22(19,20)18-11-16(12-18)15-7-9-17(10-8-15)21-13-14-5-3-2-4-6-14/h2-10,16H,11-13H2,1H3. The molecule has 0 saturated carbocycles. The second kappa shape index (κ2) is 6.10. The van der Waals surface area contributed by atoms with E-state index in [2.05, 4.69) is 0 Å². The molecule has 5 heteroatoms. The highest BCUT2D eigenvalue weighted by atomic mass is 32.2. The van der Waals surface area contributed by atoms with Crippen molar-refractivity contribution in [3.63, 3.8) is 0 Å². The maximum atomic E-state index is 11.4. The Morgan fingerprint density at radius 2 is 1.68 bits per heavy atom. The molecule has 3 rings (SSSR count). The fourth-order valence-corrected chi connectivity index (χ4v) is 3.40. The van der Waals surface area contributed by atoms with E-state index in [-0.39, 0.29) is 5.92 Å². The first kappa shape index (κ1) is 15.1. The number of sulfonamides is 1. The Labute approximate surface area is 131 Å². The Hall–Kier alpha value is -1.85. The first-order chi connectivity index (χ1) is 10.5. The Kier molecular flexibility index (Phi) is 4.18. The SMILES string of the molecule is CS(=O)(=O)N1CC(c2ccc(OCc3ccccc3)cc2)C1. The van der Waals surface area contributed by atoms with Crippen LogP contribution in [0.15, 0.2) is 54.6 Å². The second-order valence-electron chi connectivity index (χ2n) is 5.62. The average Bonchev–Trinajstić information content (AvgIpc) is 2.44. The lowest BCUT2D eigenvalue weighted by atomic mass is 9.94. The van der Waals surface area contributed by atoms with Crippen LogP contribution in [0.3, 0.4) is 0 Å². The Morgan fingerprint density at radius 1 is 1.05 bits per heavy atom. The van der Waals surface area contributed by atoms with Crippen LogP contribution in [0, 0.1) is 0 Å². The minimum atomic E-state index is -3.05. The molecule has 1 aliphatic rings. The molecule has 1 fully saturated rings. The predicted molar refractivity (Wildman–Crippen MR) is 86.4 cm³/mol. The van der Waals surface area contributed by atoms with Gasteiger partial charge in [0.1, 0.15) is 12.4 Å². The van der Waals surface area contributed by atoms with Gasteiger partial charge in [0.15, 0.2) is 0 Å². The van der Waals surface area contributed by atoms with Gasteiger partial charge in [-0.3, -0.25) is 0 Å². The fourth-order valence-electron chi connectivity index (χ4n) is 2.50. The zero-order valence-corrected chi connectivity index (χ0v) is 13.3. The molecule has 1 heterocycles. The van der Waals surface area contributed by atoms with Gasteiger partial charge in [0, 0.05) is 19.0 Å². The highest BCUT2D eigenvalue weighted by Gasteiger charge is 2.33. The molecule has 2 aromatic carbocycles. The molecule has 1 aliphatic heterocycles. The van der Waals surface area contributed by atoms with Crippen molar-refractivity contribution >= 4 is 10.0 Å². The van der Waals surface area contributed by atoms with Crippen molar-refractivity contribution in [1.82, 2.24) is 4.31 Å². The molecule has 0 radical (unpaired) electrons. The molecule has 22 heavy (non-hydrogen) atoms. The number of hydrogen-bond donors (Lipinski definition) is 0. The molecule has 4 nitrogen and oxygen atoms in total. The van der Waals surface area contributed by atoms with Crippen molar-refractivity contribution < 1.29 is 13.2 Å². The summed E-state index contributed by atoms with van der Waals surface area (Å²) in [5, 5.41) is 0. The van der Waals surface area contributed by atoms with Crippen LogP contribution < -0.4 is 4.74 Å². The van der Waals surface area contributed by atoms with E-state index in [0.717, 1.165) is 16.9 Å². The van der Waals surface area contributed by atoms with E-state index < -0.39 is 10.0 Å². The Morgan fingerprint density at radius 3 is 2.27 bits per heavy atom. The second-order valence-corrected chi connectivity index (χ2v) is 7.60. The zero-order valence-electron chi connectivity index (χ0n) is 12.5. The van der Waals surface area contributed by atoms with Gasteiger partial charge in [-0.1, -0.05) is 42.5 Å². The van der Waals surface area contributed by atoms with Crippen LogP contribution in [-0.4, -0.2) is 32.1 Å². The van der Waals surface area contributed by atoms with Crippen molar-refractivity contribution in [1.29, 1.82) is 0 Å². The van der Waals surface area contributed by atoms with E-state index >= 15 is 0 Å². The van der Waals surface area contributed by atoms with Crippen LogP contribution >= 0.6 is 0 Å². The molecule has 1 saturated heterocycles. The molecule has 0 aliphatic carbocycles. The lowest BCUT2D eigenvalue weighted by molar-refractivity contribution is 0.265. The molecular formula is C17H19NO3S. The van der Waals surface area contributed by atoms with Crippen LogP contribution in [0.4, 0.5) is 0 Å². The molecule has 116 valence electrons. The molecule has 0 unspecified atom stereocenters. The quantitative estimate of drug-likeness (QED) is 0.851. The summed E-state index contributed by atoms with van der Waals surface area (Å²) in [6.07, 6.45) is 1.25. The van der Waals surface area contributed by atoms with Gasteiger partial charge in [0.05, 0.1) is 6.26 Å². The maximum Gasteiger partial charge on any atom is 0.211 e. The van der Waals surface area contributed by atoms with Gasteiger partial charge < -0.3 is 4.74 Å². The minimum Gasteiger partial charge on any atom is -0.489 e. The lowest BCUT2D eigenvalue weighted by Gasteiger charge is -2.37. The van der Waals surface area contributed by atoms with Crippen molar-refractivity contribution in [2.45, 2.75) is 12.5 Å². The normalized spacial score (nSPS) is 16.2. The van der Waals surface area contributed by atoms with Gasteiger partial charge in [-0.05, 0) is 23.3 Å². The van der Waals surface area contributed by atoms with Crippen molar-refractivity contribution in [3.05, 3.63) is 65.7 Å². The van der Waals surface area contributed by atoms with Crippen LogP contribution in [0.2, 0.25) is 0 Å². The summed E-state index contributed by atoms with van der Waals surface area (Å²) in [6, 6.07) is 18.0. The Balaban J connectivity index is 1.55. The first-order valence-electron chi connectivity index (χ1n) is 7.24. The summed E-state index contributed by atoms with van der Waals surface area (Å²) in [7, 11) is -3.05. The van der Waals surface area contributed by atoms with E-state index in [0.29, 0.717) is 19.7 Å². The summed E-state index contributed by atoms with van der Waals surface area (Å²) in [5.41, 5.74) is 2.29. The van der Waals surface area contributed by atoms with Crippen molar-refractivity contribution in [2.75, 3.05) is 19.3 Å². The summed E-state index contributed by atoms with van der Waals surface area (Å²) >= 11 is 0. The third kappa shape index (κ3) is 3.48. The monoisotopic (exact) mass is 317 g/mol. The predicted octanol–water partition coefficient (Wildman–Crippen LogP) is 2.62. The topological polar surface area (TPSA) is 46.6 Å². The lowest BCUT2D eigenvalue weighted by Crippen LogP contribution is -2.47. The first-order valence-corrected chi connectivity index (χ1v) is 9.09. The molecule has 0 spiro atoms. The summed E-state index contributed by atoms with van der Waals surface area (Å²) in [4.78, 5) is 0. The third-order valence-corrected chi connectivity index (χ3v) is 5.15. The van der Waals surface area contributed by atoms with E-state index in [1.54, 1.807) is 0 Å². The fraction of sp³-hybridized carbons (Fsp3) is 0.294. The van der Waals surface area contributed by atoms with Crippen molar-refractivity contribution in [2.24, 2.45) is 0 Å². The maximum absolute atomic E-state index is 11.4. The van der Waals surface area contributed by atoms with Gasteiger partial charge >= 0.3 is 0 Å². The molecule has 0 bridgehead atoms. The third-order valence-electron chi connectivity index (χ3n) is 3.92. The highest BCUT2D eigenvalue weighted by Crippen LogP contribution is 2.29. The average molecular weight is 317 g/mol. The van der Waals surface area contributed by atoms with Crippen molar-refractivity contribution in [3.8, 4) is 5.75 Å². The number of benzene rings is 2. The molecule has 2 aromatic rings. The van der Waals surface area contributed by atoms with Gasteiger partial charge in [-0.25, -0.2) is 12.7 Å². The summed E-state index contributed by atoms with van der Waals surface area (Å²) in [6.45, 7) is 1.69. The van der Waals surface area contributed by atoms with Gasteiger partial charge in [0.25, 0.3) is 0 Å². The number of ether oxygens (including phenoxy) is 1. The number of hydrogen-bond acceptors (Lipinski definition) is 3. The Bertz CT molecular complexity index is 720. The van der Waals surface area contributed by atoms with E-state index in [4.69, 9.17) is 4.74 Å². The van der Waals surface area contributed by atoms with Crippen LogP contribution in [0.5, 0.6) is 5.75 Å². The molecule has 0 N–H and O–H groups in total. The van der Waals surface area contributed by atoms with E-state index in [9.17, 15) is 8.42 Å². The molecular weight excluding hydrogens is 298 g/mol. The largest absolute Gasteiger partial charge is 0.489 e. The summed E-state index contributed by atoms with van der Waals surface area (Å²) < 4.78 is 30.0. The van der Waals surface area contributed by atoms with Crippen LogP contribution in [0.25, 0.3) is 0 Å². The molecule has 0 atom stereocenters. The zero-order chi connectivity index (χ0) is 15.6. The highest BCUT2D eigenvalue weighted by molar-refractivity contribution is 7.88.